The highest BCUT2D eigenvalue weighted by molar-refractivity contribution is 7.88. The maximum atomic E-state index is 11.8. The van der Waals surface area contributed by atoms with E-state index >= 15 is 0 Å². The van der Waals surface area contributed by atoms with E-state index in [0.29, 0.717) is 37.6 Å². The molecule has 0 bridgehead atoms. The monoisotopic (exact) mass is 362 g/mol. The molecule has 0 unspecified atom stereocenters. The van der Waals surface area contributed by atoms with E-state index in [1.54, 1.807) is 6.33 Å². The van der Waals surface area contributed by atoms with E-state index in [2.05, 4.69) is 30.4 Å². The second kappa shape index (κ2) is 6.08. The first-order valence-corrected chi connectivity index (χ1v) is 9.74. The summed E-state index contributed by atoms with van der Waals surface area (Å²) >= 11 is 0. The summed E-state index contributed by atoms with van der Waals surface area (Å²) in [6, 6.07) is 1.93. The highest BCUT2D eigenvalue weighted by Crippen LogP contribution is 2.18. The van der Waals surface area contributed by atoms with Crippen LogP contribution in [0.2, 0.25) is 0 Å². The van der Waals surface area contributed by atoms with Crippen molar-refractivity contribution in [1.29, 1.82) is 0 Å². The maximum Gasteiger partial charge on any atom is 0.211 e. The number of aromatic amines is 1. The maximum absolute atomic E-state index is 11.8. The average molecular weight is 362 g/mol. The number of hydrogen-bond acceptors (Lipinski definition) is 7. The number of anilines is 1. The third-order valence-corrected chi connectivity index (χ3v) is 5.41. The normalized spacial score (nSPS) is 15.9. The predicted molar refractivity (Wildman–Crippen MR) is 91.1 cm³/mol. The molecule has 0 fully saturated rings. The second-order valence-electron chi connectivity index (χ2n) is 5.98. The fourth-order valence-corrected chi connectivity index (χ4v) is 3.76. The van der Waals surface area contributed by atoms with Crippen molar-refractivity contribution in [3.63, 3.8) is 0 Å². The van der Waals surface area contributed by atoms with Crippen molar-refractivity contribution in [1.82, 2.24) is 34.0 Å². The molecular weight excluding hydrogens is 344 g/mol. The molecule has 25 heavy (non-hydrogen) atoms. The van der Waals surface area contributed by atoms with E-state index in [-0.39, 0.29) is 0 Å². The molecular formula is C14H18N8O2S. The summed E-state index contributed by atoms with van der Waals surface area (Å²) in [5, 5.41) is 7.80. The van der Waals surface area contributed by atoms with Gasteiger partial charge in [0, 0.05) is 13.1 Å². The summed E-state index contributed by atoms with van der Waals surface area (Å²) in [5.41, 5.74) is 3.07. The number of aryl methyl sites for hydroxylation is 1. The van der Waals surface area contributed by atoms with Gasteiger partial charge in [-0.1, -0.05) is 0 Å². The van der Waals surface area contributed by atoms with Crippen molar-refractivity contribution < 1.29 is 8.42 Å². The lowest BCUT2D eigenvalue weighted by atomic mass is 10.3. The second-order valence-corrected chi connectivity index (χ2v) is 7.96. The van der Waals surface area contributed by atoms with Crippen LogP contribution < -0.4 is 5.32 Å². The van der Waals surface area contributed by atoms with Gasteiger partial charge in [0.15, 0.2) is 11.5 Å². The van der Waals surface area contributed by atoms with E-state index in [1.165, 1.54) is 16.9 Å². The van der Waals surface area contributed by atoms with Crippen molar-refractivity contribution in [2.75, 3.05) is 18.1 Å². The number of nitrogens with zero attached hydrogens (tertiary/aromatic N) is 6. The molecule has 1 aliphatic rings. The standard InChI is InChI=1S/C14H18N8O2S/c1-25(23,24)21-3-2-4-22-11(7-21)5-10(20-22)6-15-13-12-14(17-8-16-12)19-9-18-13/h5,8-9H,2-4,6-7H2,1H3,(H2,15,16,17,18,19). The number of aromatic nitrogens is 6. The lowest BCUT2D eigenvalue weighted by Gasteiger charge is -2.16. The summed E-state index contributed by atoms with van der Waals surface area (Å²) in [4.78, 5) is 15.4. The minimum Gasteiger partial charge on any atom is -0.362 e. The van der Waals surface area contributed by atoms with Crippen molar-refractivity contribution >= 4 is 27.0 Å². The van der Waals surface area contributed by atoms with Crippen LogP contribution >= 0.6 is 0 Å². The molecule has 4 rings (SSSR count). The van der Waals surface area contributed by atoms with Crippen LogP contribution in [0.15, 0.2) is 18.7 Å². The van der Waals surface area contributed by atoms with Gasteiger partial charge in [-0.25, -0.2) is 23.4 Å². The number of fused-ring (bicyclic) bond motifs is 2. The van der Waals surface area contributed by atoms with Gasteiger partial charge in [0.05, 0.1) is 37.1 Å². The molecule has 0 saturated carbocycles. The minimum absolute atomic E-state index is 0.351. The van der Waals surface area contributed by atoms with Gasteiger partial charge in [0.25, 0.3) is 0 Å². The number of hydrogen-bond donors (Lipinski definition) is 2. The Morgan fingerprint density at radius 1 is 1.28 bits per heavy atom. The first-order chi connectivity index (χ1) is 12.0. The van der Waals surface area contributed by atoms with Gasteiger partial charge in [-0.15, -0.1) is 0 Å². The summed E-state index contributed by atoms with van der Waals surface area (Å²) in [6.07, 6.45) is 5.02. The predicted octanol–water partition coefficient (Wildman–Crippen LogP) is 0.327. The van der Waals surface area contributed by atoms with Gasteiger partial charge in [0.2, 0.25) is 10.0 Å². The highest BCUT2D eigenvalue weighted by Gasteiger charge is 2.22. The van der Waals surface area contributed by atoms with Crippen LogP contribution in [0.5, 0.6) is 0 Å². The first kappa shape index (κ1) is 16.0. The van der Waals surface area contributed by atoms with Crippen LogP contribution in [0, 0.1) is 0 Å². The smallest absolute Gasteiger partial charge is 0.211 e. The van der Waals surface area contributed by atoms with Crippen LogP contribution in [0.25, 0.3) is 11.2 Å². The number of H-pyrrole nitrogens is 1. The largest absolute Gasteiger partial charge is 0.362 e. The van der Waals surface area contributed by atoms with Crippen LogP contribution in [-0.2, 0) is 29.7 Å². The fourth-order valence-electron chi connectivity index (χ4n) is 2.94. The molecule has 3 aromatic rings. The number of sulfonamides is 1. The molecule has 3 aromatic heterocycles. The Hall–Kier alpha value is -2.53. The summed E-state index contributed by atoms with van der Waals surface area (Å²) < 4.78 is 27.0. The Morgan fingerprint density at radius 3 is 3.00 bits per heavy atom. The third kappa shape index (κ3) is 3.20. The Morgan fingerprint density at radius 2 is 2.16 bits per heavy atom. The van der Waals surface area contributed by atoms with Gasteiger partial charge < -0.3 is 10.3 Å². The van der Waals surface area contributed by atoms with Crippen molar-refractivity contribution in [3.05, 3.63) is 30.1 Å². The van der Waals surface area contributed by atoms with Crippen molar-refractivity contribution in [2.24, 2.45) is 0 Å². The van der Waals surface area contributed by atoms with E-state index in [1.807, 2.05) is 10.7 Å². The van der Waals surface area contributed by atoms with Crippen LogP contribution in [0.4, 0.5) is 5.82 Å². The summed E-state index contributed by atoms with van der Waals surface area (Å²) in [6.45, 7) is 2.06. The summed E-state index contributed by atoms with van der Waals surface area (Å²) in [7, 11) is -3.21. The molecule has 0 radical (unpaired) electrons. The van der Waals surface area contributed by atoms with E-state index in [0.717, 1.165) is 23.3 Å². The first-order valence-electron chi connectivity index (χ1n) is 7.89. The SMILES string of the molecule is CS(=O)(=O)N1CCCn2nc(CNc3ncnc4nc[nH]c34)cc2C1. The van der Waals surface area contributed by atoms with Crippen molar-refractivity contribution in [3.8, 4) is 0 Å². The van der Waals surface area contributed by atoms with Gasteiger partial charge in [-0.05, 0) is 12.5 Å². The van der Waals surface area contributed by atoms with Gasteiger partial charge >= 0.3 is 0 Å². The Labute approximate surface area is 144 Å². The summed E-state index contributed by atoms with van der Waals surface area (Å²) in [5.74, 6) is 0.656. The van der Waals surface area contributed by atoms with E-state index in [4.69, 9.17) is 0 Å². The van der Waals surface area contributed by atoms with Gasteiger partial charge in [-0.3, -0.25) is 4.68 Å². The molecule has 0 saturated heterocycles. The number of nitrogens with one attached hydrogen (secondary N) is 2. The molecule has 0 atom stereocenters. The lowest BCUT2D eigenvalue weighted by molar-refractivity contribution is 0.414. The zero-order chi connectivity index (χ0) is 17.4. The van der Waals surface area contributed by atoms with Crippen LogP contribution in [-0.4, -0.2) is 55.2 Å². The Kier molecular flexibility index (Phi) is 3.88. The molecule has 0 aromatic carbocycles. The average Bonchev–Trinajstić information content (AvgIpc) is 3.14. The molecule has 0 amide bonds. The lowest BCUT2D eigenvalue weighted by Crippen LogP contribution is -2.29. The zero-order valence-electron chi connectivity index (χ0n) is 13.7. The Balaban J connectivity index is 1.52. The molecule has 1 aliphatic heterocycles. The van der Waals surface area contributed by atoms with E-state index < -0.39 is 10.0 Å². The van der Waals surface area contributed by atoms with Gasteiger partial charge in [-0.2, -0.15) is 9.40 Å². The fraction of sp³-hybridized carbons (Fsp3) is 0.429. The molecule has 2 N–H and O–H groups in total. The molecule has 132 valence electrons. The molecule has 10 nitrogen and oxygen atoms in total. The molecule has 11 heteroatoms. The van der Waals surface area contributed by atoms with E-state index in [9.17, 15) is 8.42 Å². The van der Waals surface area contributed by atoms with Crippen molar-refractivity contribution in [2.45, 2.75) is 26.1 Å². The molecule has 0 aliphatic carbocycles. The third-order valence-electron chi connectivity index (χ3n) is 4.16. The quantitative estimate of drug-likeness (QED) is 0.686. The minimum atomic E-state index is -3.21. The highest BCUT2D eigenvalue weighted by atomic mass is 32.2. The number of rotatable bonds is 4. The molecule has 4 heterocycles. The molecule has 0 spiro atoms. The number of imidazole rings is 1. The Bertz CT molecular complexity index is 1010. The van der Waals surface area contributed by atoms with Crippen LogP contribution in [0.3, 0.4) is 0 Å². The van der Waals surface area contributed by atoms with Crippen LogP contribution in [0.1, 0.15) is 17.8 Å². The zero-order valence-corrected chi connectivity index (χ0v) is 14.5. The topological polar surface area (TPSA) is 122 Å². The van der Waals surface area contributed by atoms with Gasteiger partial charge in [0.1, 0.15) is 11.8 Å².